The molecule has 0 spiro atoms. The molecule has 3 aliphatic carbocycles. The van der Waals surface area contributed by atoms with E-state index >= 15 is 0 Å². The molecule has 14 heavy (non-hydrogen) atoms. The van der Waals surface area contributed by atoms with E-state index in [1.165, 1.54) is 6.42 Å². The fraction of sp³-hybridized carbons (Fsp3) is 0.846. The molecule has 0 amide bonds. The summed E-state index contributed by atoms with van der Waals surface area (Å²) in [6.07, 6.45) is 4.15. The molecule has 1 heteroatoms. The van der Waals surface area contributed by atoms with Gasteiger partial charge in [-0.3, -0.25) is 0 Å². The zero-order valence-electron chi connectivity index (χ0n) is 10.5. The number of hydrogen-bond acceptors (Lipinski definition) is 0. The summed E-state index contributed by atoms with van der Waals surface area (Å²) in [6.45, 7) is 7.35. The summed E-state index contributed by atoms with van der Waals surface area (Å²) in [4.78, 5) is 7.79. The maximum atomic E-state index is 2.65. The van der Waals surface area contributed by atoms with Gasteiger partial charge in [0.15, 0.2) is 0 Å². The zero-order chi connectivity index (χ0) is 10.7. The molecular formula is C13H24Sn. The van der Waals surface area contributed by atoms with Gasteiger partial charge in [0.05, 0.1) is 0 Å². The Morgan fingerprint density at radius 2 is 1.86 bits per heavy atom. The number of allylic oxidation sites excluding steroid dienone is 2. The van der Waals surface area contributed by atoms with E-state index in [4.69, 9.17) is 0 Å². The molecule has 0 heterocycles. The molecular weight excluding hydrogens is 275 g/mol. The van der Waals surface area contributed by atoms with E-state index in [0.29, 0.717) is 5.41 Å². The van der Waals surface area contributed by atoms with Crippen molar-refractivity contribution < 1.29 is 0 Å². The summed E-state index contributed by atoms with van der Waals surface area (Å²) >= 11 is -1.72. The van der Waals surface area contributed by atoms with Crippen LogP contribution >= 0.6 is 0 Å². The van der Waals surface area contributed by atoms with Gasteiger partial charge in [-0.1, -0.05) is 0 Å². The monoisotopic (exact) mass is 300 g/mol. The Morgan fingerprint density at radius 3 is 2.21 bits per heavy atom. The third-order valence-corrected chi connectivity index (χ3v) is 12.1. The molecule has 0 aliphatic heterocycles. The van der Waals surface area contributed by atoms with Gasteiger partial charge >= 0.3 is 93.2 Å². The maximum absolute atomic E-state index is 2.65. The molecule has 0 aromatic carbocycles. The van der Waals surface area contributed by atoms with Crippen LogP contribution in [-0.2, 0) is 0 Å². The first-order valence-electron chi connectivity index (χ1n) is 5.93. The summed E-state index contributed by atoms with van der Waals surface area (Å²) in [5.74, 6) is 1.93. The van der Waals surface area contributed by atoms with Crippen molar-refractivity contribution in [1.82, 2.24) is 0 Å². The van der Waals surface area contributed by atoms with E-state index in [0.717, 1.165) is 15.8 Å². The van der Waals surface area contributed by atoms with Crippen LogP contribution in [-0.4, -0.2) is 18.4 Å². The molecule has 0 aromatic rings. The Labute approximate surface area is 93.0 Å². The van der Waals surface area contributed by atoms with Gasteiger partial charge in [-0.25, -0.2) is 0 Å². The molecule has 0 saturated heterocycles. The standard InChI is InChI=1S/C10H15.3CH3.Sn/c1-7-4-5-8-6-9(7)10(8,2)3;;;;/h4-5,8-9H,6H2,1-3H3;3*1H3;/t8-,9-;;;;/m0..../s1. The molecule has 3 aliphatic rings. The van der Waals surface area contributed by atoms with Gasteiger partial charge in [-0.15, -0.1) is 0 Å². The first-order chi connectivity index (χ1) is 6.24. The van der Waals surface area contributed by atoms with Gasteiger partial charge < -0.3 is 0 Å². The van der Waals surface area contributed by atoms with Gasteiger partial charge in [-0.05, 0) is 0 Å². The van der Waals surface area contributed by atoms with E-state index in [2.05, 4.69) is 41.7 Å². The molecule has 0 N–H and O–H groups in total. The fourth-order valence-corrected chi connectivity index (χ4v) is 10.9. The molecule has 3 rings (SSSR count). The Bertz CT molecular complexity index is 280. The van der Waals surface area contributed by atoms with E-state index in [-0.39, 0.29) is 0 Å². The minimum absolute atomic E-state index is 0.619. The van der Waals surface area contributed by atoms with Crippen molar-refractivity contribution in [2.75, 3.05) is 0 Å². The van der Waals surface area contributed by atoms with Crippen LogP contribution in [0.3, 0.4) is 0 Å². The van der Waals surface area contributed by atoms with Crippen molar-refractivity contribution >= 4 is 18.4 Å². The van der Waals surface area contributed by atoms with Crippen LogP contribution in [0, 0.1) is 17.3 Å². The predicted octanol–water partition coefficient (Wildman–Crippen LogP) is 4.32. The van der Waals surface area contributed by atoms with Gasteiger partial charge in [-0.2, -0.15) is 0 Å². The molecule has 0 aromatic heterocycles. The van der Waals surface area contributed by atoms with Gasteiger partial charge in [0.1, 0.15) is 0 Å². The minimum atomic E-state index is -1.72. The Morgan fingerprint density at radius 1 is 1.29 bits per heavy atom. The normalized spacial score (nSPS) is 40.1. The van der Waals surface area contributed by atoms with Gasteiger partial charge in [0.25, 0.3) is 0 Å². The Kier molecular flexibility index (Phi) is 2.38. The van der Waals surface area contributed by atoms with Crippen molar-refractivity contribution in [1.29, 1.82) is 0 Å². The Hall–Kier alpha value is 0.539. The molecule has 0 nitrogen and oxygen atoms in total. The number of rotatable bonds is 1. The third-order valence-electron chi connectivity index (χ3n) is 4.77. The second-order valence-electron chi connectivity index (χ2n) is 7.02. The second kappa shape index (κ2) is 3.02. The van der Waals surface area contributed by atoms with Gasteiger partial charge in [0, 0.05) is 0 Å². The molecule has 2 bridgehead atoms. The average molecular weight is 299 g/mol. The number of hydrogen-bond donors (Lipinski definition) is 0. The quantitative estimate of drug-likeness (QED) is 0.500. The number of fused-ring (bicyclic) bond motifs is 1. The van der Waals surface area contributed by atoms with Crippen LogP contribution in [0.2, 0.25) is 18.8 Å². The van der Waals surface area contributed by atoms with E-state index < -0.39 is 18.4 Å². The molecule has 0 radical (unpaired) electrons. The van der Waals surface area contributed by atoms with E-state index in [1.54, 1.807) is 5.57 Å². The van der Waals surface area contributed by atoms with Crippen molar-refractivity contribution in [2.24, 2.45) is 17.3 Å². The van der Waals surface area contributed by atoms with Crippen LogP contribution in [0.5, 0.6) is 0 Å². The SMILES string of the molecule is CC1=C[CH]([Sn]([CH3])([CH3])[CH3])[C@H]2C[C@@H]1C2(C)C. The third kappa shape index (κ3) is 1.40. The van der Waals surface area contributed by atoms with Gasteiger partial charge in [0.2, 0.25) is 0 Å². The van der Waals surface area contributed by atoms with Crippen molar-refractivity contribution in [3.05, 3.63) is 11.6 Å². The molecule has 1 saturated carbocycles. The fourth-order valence-electron chi connectivity index (χ4n) is 3.71. The summed E-state index contributed by atoms with van der Waals surface area (Å²) in [6, 6.07) is 0. The van der Waals surface area contributed by atoms with Crippen LogP contribution in [0.15, 0.2) is 11.6 Å². The van der Waals surface area contributed by atoms with Crippen LogP contribution in [0.25, 0.3) is 0 Å². The second-order valence-corrected chi connectivity index (χ2v) is 22.4. The molecule has 1 unspecified atom stereocenters. The first-order valence-corrected chi connectivity index (χ1v) is 16.1. The predicted molar refractivity (Wildman–Crippen MR) is 66.2 cm³/mol. The zero-order valence-corrected chi connectivity index (χ0v) is 13.4. The summed E-state index contributed by atoms with van der Waals surface area (Å²) in [5, 5.41) is 0. The summed E-state index contributed by atoms with van der Waals surface area (Å²) in [7, 11) is 0. The van der Waals surface area contributed by atoms with E-state index in [9.17, 15) is 0 Å². The summed E-state index contributed by atoms with van der Waals surface area (Å²) in [5.41, 5.74) is 2.32. The van der Waals surface area contributed by atoms with E-state index in [1.807, 2.05) is 0 Å². The van der Waals surface area contributed by atoms with Crippen LogP contribution < -0.4 is 0 Å². The van der Waals surface area contributed by atoms with Crippen molar-refractivity contribution in [3.8, 4) is 0 Å². The van der Waals surface area contributed by atoms with Crippen molar-refractivity contribution in [3.63, 3.8) is 0 Å². The average Bonchev–Trinajstić information content (AvgIpc) is 2.00. The molecule has 1 fully saturated rings. The topological polar surface area (TPSA) is 0 Å². The first kappa shape index (κ1) is 11.0. The molecule has 80 valence electrons. The van der Waals surface area contributed by atoms with Crippen LogP contribution in [0.1, 0.15) is 27.2 Å². The van der Waals surface area contributed by atoms with Crippen molar-refractivity contribution in [2.45, 2.75) is 45.9 Å². The van der Waals surface area contributed by atoms with Crippen LogP contribution in [0.4, 0.5) is 0 Å². The Balaban J connectivity index is 2.35. The summed E-state index contributed by atoms with van der Waals surface area (Å²) < 4.78 is 1.00. The molecule has 3 atom stereocenters.